The van der Waals surface area contributed by atoms with Crippen molar-refractivity contribution in [1.82, 2.24) is 0 Å². The predicted molar refractivity (Wildman–Crippen MR) is 89.9 cm³/mol. The maximum atomic E-state index is 10.1. The van der Waals surface area contributed by atoms with Crippen LogP contribution in [0.4, 0.5) is 0 Å². The Morgan fingerprint density at radius 2 is 1.59 bits per heavy atom. The zero-order chi connectivity index (χ0) is 16.1. The molecular formula is C19H20O3. The molecule has 0 aliphatic heterocycles. The second-order valence-electron chi connectivity index (χ2n) is 5.44. The minimum Gasteiger partial charge on any atom is -0.508 e. The first-order valence-corrected chi connectivity index (χ1v) is 7.11. The lowest BCUT2D eigenvalue weighted by Crippen LogP contribution is -1.89. The SMILES string of the molecule is CC(C)=CCc1c(O)cc(O)cc1C=Cc1ccc(O)cc1. The summed E-state index contributed by atoms with van der Waals surface area (Å²) in [6.45, 7) is 4.01. The lowest BCUT2D eigenvalue weighted by Gasteiger charge is -2.08. The molecule has 2 aromatic carbocycles. The lowest BCUT2D eigenvalue weighted by atomic mass is 10.0. The summed E-state index contributed by atoms with van der Waals surface area (Å²) in [4.78, 5) is 0. The summed E-state index contributed by atoms with van der Waals surface area (Å²) in [5.41, 5.74) is 3.63. The monoisotopic (exact) mass is 296 g/mol. The molecule has 0 aliphatic carbocycles. The molecule has 114 valence electrons. The summed E-state index contributed by atoms with van der Waals surface area (Å²) in [6.07, 6.45) is 6.35. The molecule has 3 heteroatoms. The van der Waals surface area contributed by atoms with Gasteiger partial charge in [0.25, 0.3) is 0 Å². The quantitative estimate of drug-likeness (QED) is 0.575. The Kier molecular flexibility index (Phi) is 4.89. The topological polar surface area (TPSA) is 60.7 Å². The molecule has 2 aromatic rings. The van der Waals surface area contributed by atoms with Crippen LogP contribution in [0.3, 0.4) is 0 Å². The van der Waals surface area contributed by atoms with Crippen LogP contribution in [0.25, 0.3) is 12.2 Å². The van der Waals surface area contributed by atoms with E-state index in [-0.39, 0.29) is 17.2 Å². The van der Waals surface area contributed by atoms with Gasteiger partial charge in [-0.05, 0) is 49.6 Å². The number of phenolic OH excluding ortho intramolecular Hbond substituents is 3. The first-order valence-electron chi connectivity index (χ1n) is 7.11. The fraction of sp³-hybridized carbons (Fsp3) is 0.158. The molecule has 0 radical (unpaired) electrons. The molecule has 0 unspecified atom stereocenters. The van der Waals surface area contributed by atoms with Gasteiger partial charge in [0.1, 0.15) is 17.2 Å². The third-order valence-electron chi connectivity index (χ3n) is 3.31. The van der Waals surface area contributed by atoms with Crippen molar-refractivity contribution in [1.29, 1.82) is 0 Å². The van der Waals surface area contributed by atoms with Crippen molar-refractivity contribution < 1.29 is 15.3 Å². The van der Waals surface area contributed by atoms with E-state index in [4.69, 9.17) is 0 Å². The first kappa shape index (κ1) is 15.7. The second kappa shape index (κ2) is 6.85. The molecule has 0 saturated carbocycles. The van der Waals surface area contributed by atoms with Crippen LogP contribution in [-0.2, 0) is 6.42 Å². The van der Waals surface area contributed by atoms with Crippen LogP contribution in [0.2, 0.25) is 0 Å². The molecule has 0 atom stereocenters. The van der Waals surface area contributed by atoms with Gasteiger partial charge in [-0.3, -0.25) is 0 Å². The first-order chi connectivity index (χ1) is 10.5. The van der Waals surface area contributed by atoms with Crippen molar-refractivity contribution in [2.45, 2.75) is 20.3 Å². The van der Waals surface area contributed by atoms with Crippen molar-refractivity contribution in [2.24, 2.45) is 0 Å². The second-order valence-corrected chi connectivity index (χ2v) is 5.44. The maximum absolute atomic E-state index is 10.1. The Morgan fingerprint density at radius 3 is 2.23 bits per heavy atom. The molecule has 2 rings (SSSR count). The average Bonchev–Trinajstić information content (AvgIpc) is 2.45. The number of benzene rings is 2. The van der Waals surface area contributed by atoms with Crippen LogP contribution in [-0.4, -0.2) is 15.3 Å². The maximum Gasteiger partial charge on any atom is 0.123 e. The van der Waals surface area contributed by atoms with Crippen molar-refractivity contribution in [3.05, 3.63) is 64.7 Å². The highest BCUT2D eigenvalue weighted by molar-refractivity contribution is 5.73. The Labute approximate surface area is 130 Å². The van der Waals surface area contributed by atoms with Gasteiger partial charge >= 0.3 is 0 Å². The lowest BCUT2D eigenvalue weighted by molar-refractivity contribution is 0.446. The highest BCUT2D eigenvalue weighted by Crippen LogP contribution is 2.29. The van der Waals surface area contributed by atoms with Gasteiger partial charge in [-0.1, -0.05) is 35.9 Å². The molecule has 0 aromatic heterocycles. The molecule has 3 nitrogen and oxygen atoms in total. The highest BCUT2D eigenvalue weighted by atomic mass is 16.3. The standard InChI is InChI=1S/C19H20O3/c1-13(2)3-10-18-15(11-17(21)12-19(18)22)7-4-14-5-8-16(20)9-6-14/h3-9,11-12,20-22H,10H2,1-2H3. The number of allylic oxidation sites excluding steroid dienone is 2. The summed E-state index contributed by atoms with van der Waals surface area (Å²) >= 11 is 0. The van der Waals surface area contributed by atoms with E-state index in [1.54, 1.807) is 30.3 Å². The van der Waals surface area contributed by atoms with Gasteiger partial charge in [0.15, 0.2) is 0 Å². The third kappa shape index (κ3) is 4.16. The van der Waals surface area contributed by atoms with E-state index in [1.165, 1.54) is 11.6 Å². The Hall–Kier alpha value is -2.68. The van der Waals surface area contributed by atoms with Gasteiger partial charge in [0, 0.05) is 11.6 Å². The van der Waals surface area contributed by atoms with Crippen LogP contribution in [0, 0.1) is 0 Å². The molecule has 0 spiro atoms. The van der Waals surface area contributed by atoms with Gasteiger partial charge in [0.05, 0.1) is 0 Å². The summed E-state index contributed by atoms with van der Waals surface area (Å²) in [6, 6.07) is 9.80. The van der Waals surface area contributed by atoms with E-state index >= 15 is 0 Å². The van der Waals surface area contributed by atoms with Gasteiger partial charge < -0.3 is 15.3 Å². The van der Waals surface area contributed by atoms with E-state index in [0.29, 0.717) is 6.42 Å². The number of aromatic hydroxyl groups is 3. The summed E-state index contributed by atoms with van der Waals surface area (Å²) in [7, 11) is 0. The third-order valence-corrected chi connectivity index (χ3v) is 3.31. The molecule has 3 N–H and O–H groups in total. The minimum absolute atomic E-state index is 0.0313. The Balaban J connectivity index is 2.36. The largest absolute Gasteiger partial charge is 0.508 e. The summed E-state index contributed by atoms with van der Waals surface area (Å²) in [5.74, 6) is 0.336. The number of phenols is 3. The van der Waals surface area contributed by atoms with E-state index in [2.05, 4.69) is 0 Å². The molecule has 0 amide bonds. The smallest absolute Gasteiger partial charge is 0.123 e. The van der Waals surface area contributed by atoms with Gasteiger partial charge in [-0.2, -0.15) is 0 Å². The van der Waals surface area contributed by atoms with Crippen molar-refractivity contribution >= 4 is 12.2 Å². The van der Waals surface area contributed by atoms with Crippen LogP contribution in [0.5, 0.6) is 17.2 Å². The van der Waals surface area contributed by atoms with Crippen LogP contribution >= 0.6 is 0 Å². The molecular weight excluding hydrogens is 276 g/mol. The van der Waals surface area contributed by atoms with Crippen molar-refractivity contribution in [2.75, 3.05) is 0 Å². The average molecular weight is 296 g/mol. The van der Waals surface area contributed by atoms with Gasteiger partial charge in [-0.25, -0.2) is 0 Å². The normalized spacial score (nSPS) is 10.8. The van der Waals surface area contributed by atoms with Crippen LogP contribution < -0.4 is 0 Å². The molecule has 0 aliphatic rings. The summed E-state index contributed by atoms with van der Waals surface area (Å²) in [5, 5.41) is 29.0. The van der Waals surface area contributed by atoms with Crippen molar-refractivity contribution in [3.63, 3.8) is 0 Å². The van der Waals surface area contributed by atoms with Gasteiger partial charge in [0.2, 0.25) is 0 Å². The fourth-order valence-corrected chi connectivity index (χ4v) is 2.11. The Morgan fingerprint density at radius 1 is 0.909 bits per heavy atom. The number of hydrogen-bond donors (Lipinski definition) is 3. The molecule has 0 bridgehead atoms. The molecule has 0 saturated heterocycles. The van der Waals surface area contributed by atoms with E-state index in [0.717, 1.165) is 16.7 Å². The Bertz CT molecular complexity index is 706. The minimum atomic E-state index is 0.0313. The van der Waals surface area contributed by atoms with E-state index < -0.39 is 0 Å². The van der Waals surface area contributed by atoms with Crippen LogP contribution in [0.15, 0.2) is 48.0 Å². The zero-order valence-electron chi connectivity index (χ0n) is 12.7. The zero-order valence-corrected chi connectivity index (χ0v) is 12.7. The summed E-state index contributed by atoms with van der Waals surface area (Å²) < 4.78 is 0. The molecule has 0 heterocycles. The van der Waals surface area contributed by atoms with E-state index in [9.17, 15) is 15.3 Å². The number of rotatable bonds is 4. The molecule has 0 fully saturated rings. The molecule has 22 heavy (non-hydrogen) atoms. The number of hydrogen-bond acceptors (Lipinski definition) is 3. The highest BCUT2D eigenvalue weighted by Gasteiger charge is 2.07. The van der Waals surface area contributed by atoms with Crippen molar-refractivity contribution in [3.8, 4) is 17.2 Å². The predicted octanol–water partition coefficient (Wildman–Crippen LogP) is 4.48. The fourth-order valence-electron chi connectivity index (χ4n) is 2.11. The van der Waals surface area contributed by atoms with Gasteiger partial charge in [-0.15, -0.1) is 0 Å². The van der Waals surface area contributed by atoms with Crippen LogP contribution in [0.1, 0.15) is 30.5 Å². The van der Waals surface area contributed by atoms with E-state index in [1.807, 2.05) is 32.1 Å².